The molecule has 0 aliphatic carbocycles. The molecule has 2 aliphatic heterocycles. The zero-order valence-electron chi connectivity index (χ0n) is 21.4. The standard InChI is InChI=1S/C28H30F6N2O3/c1-17(26(37)35-38)12-19-2-3-20-4-6-23(39-25(20)14-19)13-18-8-10-36(11-9-18)16-21-15-22(27(29,30)31)5-7-24(21)28(32,33)34/h2-3,5,7,14-15,17-18,23H,4,6,8-13,16H2,1H3. The second-order valence-electron chi connectivity index (χ2n) is 10.6. The van der Waals surface area contributed by atoms with E-state index in [9.17, 15) is 36.0 Å². The summed E-state index contributed by atoms with van der Waals surface area (Å²) >= 11 is 0. The molecule has 2 aliphatic rings. The molecule has 2 atom stereocenters. The molecule has 2 heterocycles. The first-order valence-electron chi connectivity index (χ1n) is 13.0. The van der Waals surface area contributed by atoms with Crippen LogP contribution in [0.4, 0.5) is 26.3 Å². The number of rotatable bonds is 7. The Hall–Kier alpha value is -2.95. The van der Waals surface area contributed by atoms with Crippen LogP contribution in [0.1, 0.15) is 60.4 Å². The van der Waals surface area contributed by atoms with Gasteiger partial charge in [-0.3, -0.25) is 9.69 Å². The van der Waals surface area contributed by atoms with Gasteiger partial charge in [0.25, 0.3) is 5.91 Å². The first-order chi connectivity index (χ1) is 18.3. The van der Waals surface area contributed by atoms with Crippen LogP contribution in [0.25, 0.3) is 0 Å². The van der Waals surface area contributed by atoms with Gasteiger partial charge in [-0.2, -0.15) is 26.3 Å². The van der Waals surface area contributed by atoms with E-state index in [1.807, 2.05) is 18.2 Å². The van der Waals surface area contributed by atoms with Crippen molar-refractivity contribution in [3.05, 3.63) is 69.1 Å². The van der Waals surface area contributed by atoms with Gasteiger partial charge in [0.2, 0.25) is 0 Å². The van der Waals surface area contributed by atoms with E-state index in [1.54, 1.807) is 11.8 Å². The smallest absolute Gasteiger partial charge is 0.416 e. The van der Waals surface area contributed by atoms with Gasteiger partial charge in [0.15, 0.2) is 0 Å². The Bertz CT molecular complexity index is 1190. The van der Waals surface area contributed by atoms with E-state index in [4.69, 9.17) is 4.74 Å². The molecule has 1 saturated heterocycles. The number of carbonyl (C=O) groups is 1. The number of fused-ring (bicyclic) bond motifs is 1. The van der Waals surface area contributed by atoms with Crippen LogP contribution >= 0.6 is 0 Å². The number of nitroso groups, excluding NO2 is 1. The van der Waals surface area contributed by atoms with E-state index in [1.165, 1.54) is 0 Å². The highest BCUT2D eigenvalue weighted by Gasteiger charge is 2.37. The van der Waals surface area contributed by atoms with Crippen molar-refractivity contribution in [2.24, 2.45) is 17.0 Å². The van der Waals surface area contributed by atoms with Gasteiger partial charge in [-0.05, 0) is 98.5 Å². The van der Waals surface area contributed by atoms with E-state index in [-0.39, 0.29) is 24.1 Å². The fraction of sp³-hybridized carbons (Fsp3) is 0.536. The van der Waals surface area contributed by atoms with Crippen LogP contribution in [0.2, 0.25) is 0 Å². The number of benzene rings is 2. The minimum atomic E-state index is -4.73. The minimum Gasteiger partial charge on any atom is -0.490 e. The predicted octanol–water partition coefficient (Wildman–Crippen LogP) is 7.19. The fourth-order valence-electron chi connectivity index (χ4n) is 5.46. The monoisotopic (exact) mass is 556 g/mol. The summed E-state index contributed by atoms with van der Waals surface area (Å²) in [6.07, 6.45) is -5.23. The number of aryl methyl sites for hydroxylation is 1. The number of piperidine rings is 1. The van der Waals surface area contributed by atoms with Crippen LogP contribution in [-0.2, 0) is 36.5 Å². The number of hydrogen-bond donors (Lipinski definition) is 0. The maximum absolute atomic E-state index is 13.5. The number of alkyl halides is 6. The molecule has 11 heteroatoms. The van der Waals surface area contributed by atoms with Crippen LogP contribution in [0.3, 0.4) is 0 Å². The molecular weight excluding hydrogens is 526 g/mol. The molecule has 1 amide bonds. The summed E-state index contributed by atoms with van der Waals surface area (Å²) in [5, 5.41) is 2.49. The van der Waals surface area contributed by atoms with E-state index >= 15 is 0 Å². The van der Waals surface area contributed by atoms with Crippen molar-refractivity contribution in [1.29, 1.82) is 0 Å². The van der Waals surface area contributed by atoms with Gasteiger partial charge in [0, 0.05) is 17.6 Å². The SMILES string of the molecule is CC(Cc1ccc2c(c1)OC(CC1CCN(Cc3cc(C(F)(F)F)ccc3C(F)(F)F)CC1)CC2)C(=O)N=O. The Kier molecular flexibility index (Phi) is 8.68. The molecule has 0 saturated carbocycles. The number of hydrogen-bond acceptors (Lipinski definition) is 4. The van der Waals surface area contributed by atoms with Crippen molar-refractivity contribution in [2.75, 3.05) is 13.1 Å². The van der Waals surface area contributed by atoms with E-state index in [0.29, 0.717) is 50.6 Å². The van der Waals surface area contributed by atoms with Gasteiger partial charge in [0.05, 0.1) is 17.2 Å². The summed E-state index contributed by atoms with van der Waals surface area (Å²) in [4.78, 5) is 23.8. The molecule has 1 fully saturated rings. The van der Waals surface area contributed by atoms with Crippen molar-refractivity contribution < 1.29 is 35.9 Å². The molecule has 0 N–H and O–H groups in total. The molecular formula is C28H30F6N2O3. The van der Waals surface area contributed by atoms with Crippen molar-refractivity contribution in [2.45, 2.75) is 70.4 Å². The number of ether oxygens (including phenoxy) is 1. The number of halogens is 6. The Morgan fingerprint density at radius 1 is 1.03 bits per heavy atom. The van der Waals surface area contributed by atoms with Crippen molar-refractivity contribution in [1.82, 2.24) is 4.90 Å². The van der Waals surface area contributed by atoms with Gasteiger partial charge in [0.1, 0.15) is 5.75 Å². The molecule has 0 aromatic heterocycles. The van der Waals surface area contributed by atoms with Crippen LogP contribution < -0.4 is 4.74 Å². The first-order valence-corrected chi connectivity index (χ1v) is 13.0. The van der Waals surface area contributed by atoms with Crippen molar-refractivity contribution in [3.8, 4) is 5.75 Å². The van der Waals surface area contributed by atoms with Gasteiger partial charge < -0.3 is 4.74 Å². The predicted molar refractivity (Wildman–Crippen MR) is 132 cm³/mol. The summed E-state index contributed by atoms with van der Waals surface area (Å²) in [5.74, 6) is -0.172. The summed E-state index contributed by atoms with van der Waals surface area (Å²) in [6.45, 7) is 2.43. The third-order valence-corrected chi connectivity index (χ3v) is 7.65. The number of carbonyl (C=O) groups excluding carboxylic acids is 1. The zero-order chi connectivity index (χ0) is 28.4. The van der Waals surface area contributed by atoms with Crippen LogP contribution in [0.15, 0.2) is 41.6 Å². The highest BCUT2D eigenvalue weighted by atomic mass is 19.4. The number of amides is 1. The summed E-state index contributed by atoms with van der Waals surface area (Å²) in [6, 6.07) is 7.39. The quantitative estimate of drug-likeness (QED) is 0.268. The third kappa shape index (κ3) is 7.38. The maximum Gasteiger partial charge on any atom is 0.416 e. The van der Waals surface area contributed by atoms with Gasteiger partial charge in [-0.25, -0.2) is 0 Å². The minimum absolute atomic E-state index is 0.0275. The molecule has 2 unspecified atom stereocenters. The number of likely N-dealkylation sites (tertiary alicyclic amines) is 1. The summed E-state index contributed by atoms with van der Waals surface area (Å²) < 4.78 is 86.0. The lowest BCUT2D eigenvalue weighted by atomic mass is 9.87. The van der Waals surface area contributed by atoms with Crippen molar-refractivity contribution in [3.63, 3.8) is 0 Å². The lowest BCUT2D eigenvalue weighted by Crippen LogP contribution is -2.36. The maximum atomic E-state index is 13.5. The topological polar surface area (TPSA) is 59.0 Å². The van der Waals surface area contributed by atoms with Crippen LogP contribution in [-0.4, -0.2) is 30.0 Å². The average Bonchev–Trinajstić information content (AvgIpc) is 2.88. The van der Waals surface area contributed by atoms with E-state index in [0.717, 1.165) is 36.1 Å². The Labute approximate surface area is 222 Å². The van der Waals surface area contributed by atoms with Crippen LogP contribution in [0, 0.1) is 16.7 Å². The molecule has 212 valence electrons. The zero-order valence-corrected chi connectivity index (χ0v) is 21.4. The first kappa shape index (κ1) is 29.0. The van der Waals surface area contributed by atoms with Gasteiger partial charge >= 0.3 is 12.4 Å². The van der Waals surface area contributed by atoms with Crippen LogP contribution in [0.5, 0.6) is 5.75 Å². The number of nitrogens with zero attached hydrogens (tertiary/aromatic N) is 2. The van der Waals surface area contributed by atoms with Gasteiger partial charge in [-0.1, -0.05) is 19.1 Å². The Morgan fingerprint density at radius 2 is 1.74 bits per heavy atom. The summed E-state index contributed by atoms with van der Waals surface area (Å²) in [5.41, 5.74) is -0.537. The third-order valence-electron chi connectivity index (χ3n) is 7.65. The molecule has 39 heavy (non-hydrogen) atoms. The van der Waals surface area contributed by atoms with Crippen molar-refractivity contribution >= 4 is 5.91 Å². The largest absolute Gasteiger partial charge is 0.490 e. The Morgan fingerprint density at radius 3 is 2.38 bits per heavy atom. The molecule has 5 nitrogen and oxygen atoms in total. The van der Waals surface area contributed by atoms with Gasteiger partial charge in [-0.15, -0.1) is 4.91 Å². The normalized spacial score (nSPS) is 19.7. The van der Waals surface area contributed by atoms with E-state index in [2.05, 4.69) is 5.18 Å². The average molecular weight is 557 g/mol. The molecule has 2 aromatic rings. The summed E-state index contributed by atoms with van der Waals surface area (Å²) in [7, 11) is 0. The highest BCUT2D eigenvalue weighted by Crippen LogP contribution is 2.38. The molecule has 2 aromatic carbocycles. The second kappa shape index (κ2) is 11.7. The lowest BCUT2D eigenvalue weighted by Gasteiger charge is -2.35. The molecule has 0 bridgehead atoms. The Balaban J connectivity index is 1.33. The molecule has 0 spiro atoms. The lowest BCUT2D eigenvalue weighted by molar-refractivity contribution is -0.142. The molecule has 0 radical (unpaired) electrons. The molecule has 4 rings (SSSR count). The van der Waals surface area contributed by atoms with E-state index < -0.39 is 35.3 Å². The highest BCUT2D eigenvalue weighted by molar-refractivity contribution is 5.79. The second-order valence-corrected chi connectivity index (χ2v) is 10.6. The fourth-order valence-corrected chi connectivity index (χ4v) is 5.46.